The largest absolute Gasteiger partial charge is 0.508 e. The zero-order valence-corrected chi connectivity index (χ0v) is 21.8. The number of ether oxygens (including phenoxy) is 4. The molecular weight excluding hydrogens is 564 g/mol. The Balaban J connectivity index is 1.49. The second kappa shape index (κ2) is 11.5. The van der Waals surface area contributed by atoms with E-state index in [1.165, 1.54) is 37.3 Å². The van der Waals surface area contributed by atoms with Crippen molar-refractivity contribution in [3.8, 4) is 28.6 Å². The maximum Gasteiger partial charge on any atom is 0.335 e. The van der Waals surface area contributed by atoms with Gasteiger partial charge in [0.25, 0.3) is 0 Å². The number of rotatable bonds is 6. The molecule has 0 amide bonds. The van der Waals surface area contributed by atoms with E-state index in [2.05, 4.69) is 0 Å². The Kier molecular flexibility index (Phi) is 8.10. The van der Waals surface area contributed by atoms with Crippen LogP contribution in [0.15, 0.2) is 51.7 Å². The van der Waals surface area contributed by atoms with E-state index in [-0.39, 0.29) is 28.2 Å². The number of aliphatic carboxylic acids is 1. The van der Waals surface area contributed by atoms with Crippen LogP contribution in [-0.2, 0) is 19.0 Å². The average Bonchev–Trinajstić information content (AvgIpc) is 2.93. The van der Waals surface area contributed by atoms with Crippen LogP contribution in [0.4, 0.5) is 0 Å². The number of carbonyl (C=O) groups is 1. The molecule has 2 saturated heterocycles. The van der Waals surface area contributed by atoms with Crippen LogP contribution >= 0.6 is 0 Å². The van der Waals surface area contributed by atoms with Crippen molar-refractivity contribution in [3.63, 3.8) is 0 Å². The van der Waals surface area contributed by atoms with Gasteiger partial charge >= 0.3 is 5.97 Å². The lowest BCUT2D eigenvalue weighted by atomic mass is 9.97. The minimum absolute atomic E-state index is 0.0160. The van der Waals surface area contributed by atoms with Crippen LogP contribution in [-0.4, -0.2) is 108 Å². The number of phenolic OH excluding ortho intramolecular Hbond substituents is 2. The molecule has 226 valence electrons. The minimum atomic E-state index is -2.03. The summed E-state index contributed by atoms with van der Waals surface area (Å²) in [4.78, 5) is 24.5. The highest BCUT2D eigenvalue weighted by molar-refractivity contribution is 5.86. The number of hydrogen-bond acceptors (Lipinski definition) is 14. The van der Waals surface area contributed by atoms with Crippen molar-refractivity contribution in [3.05, 3.63) is 52.7 Å². The third-order valence-corrected chi connectivity index (χ3v) is 7.08. The number of aliphatic hydroxyl groups is 5. The van der Waals surface area contributed by atoms with Crippen LogP contribution in [0.3, 0.4) is 0 Å². The molecule has 2 aliphatic heterocycles. The number of carboxylic acid groups (broad SMARTS) is 1. The lowest BCUT2D eigenvalue weighted by Crippen LogP contribution is -2.65. The smallest absolute Gasteiger partial charge is 0.335 e. The van der Waals surface area contributed by atoms with E-state index in [1.807, 2.05) is 0 Å². The highest BCUT2D eigenvalue weighted by Gasteiger charge is 2.52. The van der Waals surface area contributed by atoms with Crippen molar-refractivity contribution in [2.45, 2.75) is 68.3 Å². The van der Waals surface area contributed by atoms with E-state index in [4.69, 9.17) is 23.4 Å². The van der Waals surface area contributed by atoms with Crippen LogP contribution in [0.1, 0.15) is 6.92 Å². The van der Waals surface area contributed by atoms with Gasteiger partial charge < -0.3 is 64.2 Å². The Bertz CT molecular complexity index is 1500. The summed E-state index contributed by atoms with van der Waals surface area (Å²) >= 11 is 0. The summed E-state index contributed by atoms with van der Waals surface area (Å²) in [6.45, 7) is 1.38. The molecule has 3 heterocycles. The van der Waals surface area contributed by atoms with E-state index in [0.717, 1.165) is 12.1 Å². The molecule has 1 aromatic heterocycles. The Labute approximate surface area is 235 Å². The fraction of sp³-hybridized carbons (Fsp3) is 0.407. The van der Waals surface area contributed by atoms with Gasteiger partial charge in [-0.15, -0.1) is 0 Å². The lowest BCUT2D eigenvalue weighted by Gasteiger charge is -2.45. The highest BCUT2D eigenvalue weighted by Crippen LogP contribution is 2.35. The molecule has 10 atom stereocenters. The summed E-state index contributed by atoms with van der Waals surface area (Å²) < 4.78 is 27.9. The Morgan fingerprint density at radius 2 is 1.52 bits per heavy atom. The van der Waals surface area contributed by atoms with E-state index in [0.29, 0.717) is 5.56 Å². The van der Waals surface area contributed by atoms with Gasteiger partial charge in [-0.2, -0.15) is 0 Å². The first-order valence-electron chi connectivity index (χ1n) is 12.7. The van der Waals surface area contributed by atoms with Crippen LogP contribution in [0.5, 0.6) is 17.2 Å². The molecule has 0 spiro atoms. The second-order valence-corrected chi connectivity index (χ2v) is 9.98. The zero-order valence-electron chi connectivity index (χ0n) is 21.8. The van der Waals surface area contributed by atoms with Gasteiger partial charge in [-0.05, 0) is 31.2 Å². The van der Waals surface area contributed by atoms with Crippen molar-refractivity contribution < 1.29 is 69.0 Å². The van der Waals surface area contributed by atoms with Crippen LogP contribution in [0.2, 0.25) is 0 Å². The molecule has 15 heteroatoms. The monoisotopic (exact) mass is 592 g/mol. The average molecular weight is 593 g/mol. The van der Waals surface area contributed by atoms with Gasteiger partial charge in [0.15, 0.2) is 23.9 Å². The number of aliphatic hydroxyl groups excluding tert-OH is 5. The predicted octanol–water partition coefficient (Wildman–Crippen LogP) is -1.01. The van der Waals surface area contributed by atoms with Crippen LogP contribution in [0.25, 0.3) is 22.3 Å². The molecule has 15 nitrogen and oxygen atoms in total. The summed E-state index contributed by atoms with van der Waals surface area (Å²) in [6, 6.07) is 9.07. The molecular formula is C27H28O15. The highest BCUT2D eigenvalue weighted by atomic mass is 16.8. The fourth-order valence-corrected chi connectivity index (χ4v) is 4.77. The first kappa shape index (κ1) is 29.7. The molecule has 2 fully saturated rings. The summed E-state index contributed by atoms with van der Waals surface area (Å²) in [5, 5.41) is 81.1. The van der Waals surface area contributed by atoms with E-state index in [9.17, 15) is 50.4 Å². The number of hydrogen-bond donors (Lipinski definition) is 8. The zero-order chi connectivity index (χ0) is 30.5. The van der Waals surface area contributed by atoms with Crippen molar-refractivity contribution in [2.24, 2.45) is 0 Å². The van der Waals surface area contributed by atoms with Gasteiger partial charge in [-0.1, -0.05) is 0 Å². The number of carboxylic acids is 1. The molecule has 42 heavy (non-hydrogen) atoms. The maximum absolute atomic E-state index is 12.8. The quantitative estimate of drug-likeness (QED) is 0.171. The molecule has 10 unspecified atom stereocenters. The molecule has 0 aliphatic carbocycles. The molecule has 0 bridgehead atoms. The molecule has 0 radical (unpaired) electrons. The molecule has 5 rings (SSSR count). The predicted molar refractivity (Wildman–Crippen MR) is 137 cm³/mol. The molecule has 2 aromatic carbocycles. The van der Waals surface area contributed by atoms with Crippen molar-refractivity contribution >= 4 is 16.9 Å². The Hall–Kier alpha value is -3.80. The van der Waals surface area contributed by atoms with Gasteiger partial charge in [-0.3, -0.25) is 4.79 Å². The summed E-state index contributed by atoms with van der Waals surface area (Å²) in [5.41, 5.74) is -0.335. The second-order valence-electron chi connectivity index (χ2n) is 9.98. The van der Waals surface area contributed by atoms with E-state index >= 15 is 0 Å². The number of phenols is 2. The number of benzene rings is 2. The van der Waals surface area contributed by atoms with E-state index in [1.54, 1.807) is 0 Å². The Morgan fingerprint density at radius 1 is 0.833 bits per heavy atom. The molecule has 2 aliphatic rings. The van der Waals surface area contributed by atoms with E-state index < -0.39 is 78.6 Å². The van der Waals surface area contributed by atoms with Crippen LogP contribution < -0.4 is 10.2 Å². The van der Waals surface area contributed by atoms with Crippen LogP contribution in [0, 0.1) is 0 Å². The first-order valence-corrected chi connectivity index (χ1v) is 12.7. The summed E-state index contributed by atoms with van der Waals surface area (Å²) in [7, 11) is 0. The lowest BCUT2D eigenvalue weighted by molar-refractivity contribution is -0.351. The number of aromatic hydroxyl groups is 2. The number of fused-ring (bicyclic) bond motifs is 1. The normalized spacial score (nSPS) is 33.4. The standard InChI is InChI=1S/C27H28O15/c1-9-18(31)19(32)22(35)26(38-9)42-24-21(34)20(33)23(25(36)37)41-27(24)39-12-6-13(29)17-14(30)8-15(40-16(17)7-12)10-2-4-11(28)5-3-10/h2-9,18-24,26-29,31-35H,1H3,(H,36,37). The fourth-order valence-electron chi connectivity index (χ4n) is 4.77. The van der Waals surface area contributed by atoms with Crippen molar-refractivity contribution in [2.75, 3.05) is 0 Å². The summed E-state index contributed by atoms with van der Waals surface area (Å²) in [6.07, 6.45) is -17.3. The van der Waals surface area contributed by atoms with Gasteiger partial charge in [0.1, 0.15) is 64.5 Å². The third-order valence-electron chi connectivity index (χ3n) is 7.08. The third kappa shape index (κ3) is 5.51. The maximum atomic E-state index is 12.8. The molecule has 3 aromatic rings. The molecule has 8 N–H and O–H groups in total. The topological polar surface area (TPSA) is 246 Å². The van der Waals surface area contributed by atoms with Crippen molar-refractivity contribution in [1.29, 1.82) is 0 Å². The van der Waals surface area contributed by atoms with Gasteiger partial charge in [0.05, 0.1) is 6.10 Å². The van der Waals surface area contributed by atoms with Gasteiger partial charge in [0.2, 0.25) is 6.29 Å². The Morgan fingerprint density at radius 3 is 2.19 bits per heavy atom. The first-order chi connectivity index (χ1) is 19.8. The SMILES string of the molecule is CC1OC(OC2C(Oc3cc(O)c4c(=O)cc(-c5ccc(O)cc5)oc4c3)OC(C(=O)O)C(O)C2O)C(O)C(O)C1O. The van der Waals surface area contributed by atoms with Gasteiger partial charge in [-0.25, -0.2) is 4.79 Å². The minimum Gasteiger partial charge on any atom is -0.508 e. The summed E-state index contributed by atoms with van der Waals surface area (Å²) in [5.74, 6) is -2.40. The van der Waals surface area contributed by atoms with Crippen molar-refractivity contribution in [1.82, 2.24) is 0 Å². The molecule has 0 saturated carbocycles. The van der Waals surface area contributed by atoms with Gasteiger partial charge in [0, 0.05) is 23.8 Å².